The highest BCUT2D eigenvalue weighted by Gasteiger charge is 2.15. The summed E-state index contributed by atoms with van der Waals surface area (Å²) in [6, 6.07) is 3.66. The lowest BCUT2D eigenvalue weighted by atomic mass is 10.1. The van der Waals surface area contributed by atoms with E-state index in [0.29, 0.717) is 0 Å². The molecule has 0 amide bonds. The van der Waals surface area contributed by atoms with Crippen LogP contribution >= 0.6 is 11.6 Å². The molecule has 90 valence electrons. The maximum Gasteiger partial charge on any atom is 0.148 e. The minimum absolute atomic E-state index is 0.110. The Bertz CT molecular complexity index is 455. The van der Waals surface area contributed by atoms with E-state index in [1.807, 2.05) is 0 Å². The molecule has 0 bridgehead atoms. The summed E-state index contributed by atoms with van der Waals surface area (Å²) in [6.07, 6.45) is 1.20. The van der Waals surface area contributed by atoms with E-state index in [4.69, 9.17) is 17.3 Å². The van der Waals surface area contributed by atoms with E-state index >= 15 is 0 Å². The van der Waals surface area contributed by atoms with Crippen LogP contribution in [0.5, 0.6) is 0 Å². The second kappa shape index (κ2) is 5.12. The van der Waals surface area contributed by atoms with Crippen molar-refractivity contribution in [3.63, 3.8) is 0 Å². The number of hydrogen-bond acceptors (Lipinski definition) is 3. The average molecular weight is 266 g/mol. The van der Waals surface area contributed by atoms with Crippen molar-refractivity contribution in [2.24, 2.45) is 5.73 Å². The van der Waals surface area contributed by atoms with Crippen molar-refractivity contribution in [1.82, 2.24) is 0 Å². The summed E-state index contributed by atoms with van der Waals surface area (Å²) in [5, 5.41) is 0.268. The standard InChI is InChI=1S/C10H13ClFNO2S/c1-16(14,15)6-7(13)5-8-9(11)3-2-4-10(8)12/h2-4,7H,5-6,13H2,1H3. The summed E-state index contributed by atoms with van der Waals surface area (Å²) in [7, 11) is -3.16. The first-order chi connectivity index (χ1) is 7.29. The number of benzene rings is 1. The quantitative estimate of drug-likeness (QED) is 0.895. The highest BCUT2D eigenvalue weighted by molar-refractivity contribution is 7.90. The second-order valence-electron chi connectivity index (χ2n) is 3.76. The molecule has 0 saturated heterocycles. The van der Waals surface area contributed by atoms with E-state index in [9.17, 15) is 12.8 Å². The minimum atomic E-state index is -3.16. The Labute approximate surface area is 99.3 Å². The number of hydrogen-bond donors (Lipinski definition) is 1. The SMILES string of the molecule is CS(=O)(=O)CC(N)Cc1c(F)cccc1Cl. The molecule has 1 rings (SSSR count). The Kier molecular flexibility index (Phi) is 4.29. The zero-order chi connectivity index (χ0) is 12.3. The van der Waals surface area contributed by atoms with E-state index in [1.54, 1.807) is 6.07 Å². The zero-order valence-electron chi connectivity index (χ0n) is 8.78. The number of nitrogens with two attached hydrogens (primary N) is 1. The van der Waals surface area contributed by atoms with Crippen LogP contribution in [-0.4, -0.2) is 26.5 Å². The van der Waals surface area contributed by atoms with Crippen LogP contribution in [0.1, 0.15) is 5.56 Å². The van der Waals surface area contributed by atoms with Crippen LogP contribution in [0.2, 0.25) is 5.02 Å². The van der Waals surface area contributed by atoms with Crippen LogP contribution in [0.25, 0.3) is 0 Å². The molecule has 16 heavy (non-hydrogen) atoms. The van der Waals surface area contributed by atoms with Crippen molar-refractivity contribution in [3.05, 3.63) is 34.6 Å². The highest BCUT2D eigenvalue weighted by atomic mass is 35.5. The summed E-state index contributed by atoms with van der Waals surface area (Å²) in [6.45, 7) is 0. The van der Waals surface area contributed by atoms with Gasteiger partial charge < -0.3 is 5.73 Å². The van der Waals surface area contributed by atoms with Gasteiger partial charge in [0.05, 0.1) is 5.75 Å². The Morgan fingerprint density at radius 3 is 2.62 bits per heavy atom. The molecule has 0 saturated carbocycles. The first-order valence-electron chi connectivity index (χ1n) is 4.66. The Morgan fingerprint density at radius 2 is 2.12 bits per heavy atom. The summed E-state index contributed by atoms with van der Waals surface area (Å²) in [4.78, 5) is 0. The molecular weight excluding hydrogens is 253 g/mol. The maximum atomic E-state index is 13.4. The molecule has 2 N–H and O–H groups in total. The third-order valence-corrected chi connectivity index (χ3v) is 3.43. The maximum absolute atomic E-state index is 13.4. The van der Waals surface area contributed by atoms with E-state index < -0.39 is 21.7 Å². The first-order valence-corrected chi connectivity index (χ1v) is 7.09. The fourth-order valence-electron chi connectivity index (χ4n) is 1.44. The van der Waals surface area contributed by atoms with Crippen molar-refractivity contribution < 1.29 is 12.8 Å². The Morgan fingerprint density at radius 1 is 1.50 bits per heavy atom. The lowest BCUT2D eigenvalue weighted by Crippen LogP contribution is -2.31. The summed E-state index contributed by atoms with van der Waals surface area (Å²) in [5.74, 6) is -0.644. The average Bonchev–Trinajstić information content (AvgIpc) is 2.08. The molecule has 1 atom stereocenters. The summed E-state index contributed by atoms with van der Waals surface area (Å²) < 4.78 is 35.3. The highest BCUT2D eigenvalue weighted by Crippen LogP contribution is 2.20. The third-order valence-electron chi connectivity index (χ3n) is 2.04. The Balaban J connectivity index is 2.81. The van der Waals surface area contributed by atoms with Gasteiger partial charge in [-0.2, -0.15) is 0 Å². The largest absolute Gasteiger partial charge is 0.326 e. The molecule has 0 radical (unpaired) electrons. The normalized spacial score (nSPS) is 13.8. The second-order valence-corrected chi connectivity index (χ2v) is 6.35. The topological polar surface area (TPSA) is 60.2 Å². The van der Waals surface area contributed by atoms with Crippen molar-refractivity contribution >= 4 is 21.4 Å². The molecule has 6 heteroatoms. The smallest absolute Gasteiger partial charge is 0.148 e. The van der Waals surface area contributed by atoms with E-state index in [2.05, 4.69) is 0 Å². The van der Waals surface area contributed by atoms with Gasteiger partial charge in [-0.3, -0.25) is 0 Å². The number of rotatable bonds is 4. The molecule has 0 aliphatic rings. The van der Waals surface area contributed by atoms with Crippen LogP contribution in [0, 0.1) is 5.82 Å². The predicted octanol–water partition coefficient (Wildman–Crippen LogP) is 1.39. The zero-order valence-corrected chi connectivity index (χ0v) is 10.4. The minimum Gasteiger partial charge on any atom is -0.326 e. The van der Waals surface area contributed by atoms with E-state index in [0.717, 1.165) is 6.26 Å². The van der Waals surface area contributed by atoms with Crippen LogP contribution in [-0.2, 0) is 16.3 Å². The molecule has 1 aromatic rings. The molecule has 0 heterocycles. The lowest BCUT2D eigenvalue weighted by Gasteiger charge is -2.12. The van der Waals surface area contributed by atoms with Gasteiger partial charge in [0, 0.05) is 22.9 Å². The fourth-order valence-corrected chi connectivity index (χ4v) is 2.57. The first kappa shape index (κ1) is 13.4. The monoisotopic (exact) mass is 265 g/mol. The molecule has 3 nitrogen and oxygen atoms in total. The van der Waals surface area contributed by atoms with Crippen molar-refractivity contribution in [2.45, 2.75) is 12.5 Å². The van der Waals surface area contributed by atoms with Gasteiger partial charge >= 0.3 is 0 Å². The van der Waals surface area contributed by atoms with Gasteiger partial charge in [0.25, 0.3) is 0 Å². The van der Waals surface area contributed by atoms with Crippen LogP contribution in [0.4, 0.5) is 4.39 Å². The molecule has 1 unspecified atom stereocenters. The van der Waals surface area contributed by atoms with Gasteiger partial charge in [0.15, 0.2) is 0 Å². The molecule has 0 fully saturated rings. The predicted molar refractivity (Wildman–Crippen MR) is 62.8 cm³/mol. The van der Waals surface area contributed by atoms with Crippen LogP contribution < -0.4 is 5.73 Å². The number of sulfone groups is 1. The van der Waals surface area contributed by atoms with Gasteiger partial charge in [0.1, 0.15) is 15.7 Å². The van der Waals surface area contributed by atoms with Gasteiger partial charge in [-0.05, 0) is 18.6 Å². The number of halogens is 2. The van der Waals surface area contributed by atoms with E-state index in [1.165, 1.54) is 12.1 Å². The van der Waals surface area contributed by atoms with Crippen molar-refractivity contribution in [2.75, 3.05) is 12.0 Å². The Hall–Kier alpha value is -0.650. The fraction of sp³-hybridized carbons (Fsp3) is 0.400. The van der Waals surface area contributed by atoms with Crippen molar-refractivity contribution in [3.8, 4) is 0 Å². The molecule has 0 aliphatic heterocycles. The molecule has 0 spiro atoms. The summed E-state index contributed by atoms with van der Waals surface area (Å²) in [5.41, 5.74) is 5.89. The molecule has 0 aromatic heterocycles. The van der Waals surface area contributed by atoms with Gasteiger partial charge in [-0.1, -0.05) is 17.7 Å². The summed E-state index contributed by atoms with van der Waals surface area (Å²) >= 11 is 5.80. The van der Waals surface area contributed by atoms with Crippen LogP contribution in [0.15, 0.2) is 18.2 Å². The van der Waals surface area contributed by atoms with Crippen LogP contribution in [0.3, 0.4) is 0 Å². The van der Waals surface area contributed by atoms with Gasteiger partial charge in [0.2, 0.25) is 0 Å². The lowest BCUT2D eigenvalue weighted by molar-refractivity contribution is 0.579. The molecular formula is C10H13ClFNO2S. The molecule has 1 aromatic carbocycles. The van der Waals surface area contributed by atoms with Gasteiger partial charge in [-0.25, -0.2) is 12.8 Å². The van der Waals surface area contributed by atoms with Crippen molar-refractivity contribution in [1.29, 1.82) is 0 Å². The third kappa shape index (κ3) is 4.08. The van der Waals surface area contributed by atoms with Gasteiger partial charge in [-0.15, -0.1) is 0 Å². The molecule has 0 aliphatic carbocycles. The van der Waals surface area contributed by atoms with E-state index in [-0.39, 0.29) is 22.8 Å².